The van der Waals surface area contributed by atoms with Gasteiger partial charge < -0.3 is 20.0 Å². The van der Waals surface area contributed by atoms with Crippen LogP contribution in [0.5, 0.6) is 0 Å². The highest BCUT2D eigenvalue weighted by Gasteiger charge is 2.82. The molecule has 2 heterocycles. The molecular formula is C26H43N4O8P. The van der Waals surface area contributed by atoms with Crippen molar-refractivity contribution in [1.82, 2.24) is 19.6 Å². The number of rotatable bonds is 12. The van der Waals surface area contributed by atoms with Gasteiger partial charge >= 0.3 is 24.0 Å². The zero-order valence-electron chi connectivity index (χ0n) is 23.8. The molecule has 5 unspecified atom stereocenters. The first-order valence-electron chi connectivity index (χ1n) is 13.5. The Morgan fingerprint density at radius 2 is 1.21 bits per heavy atom. The molecule has 6 amide bonds. The van der Waals surface area contributed by atoms with Gasteiger partial charge in [-0.05, 0) is 26.2 Å². The lowest BCUT2D eigenvalue weighted by molar-refractivity contribution is -0.226. The average molecular weight is 571 g/mol. The predicted octanol–water partition coefficient (Wildman–Crippen LogP) is 2.57. The molecule has 0 aromatic heterocycles. The van der Waals surface area contributed by atoms with Gasteiger partial charge in [-0.1, -0.05) is 40.3 Å². The monoisotopic (exact) mass is 570 g/mol. The number of hydrogen-bond donors (Lipinski definition) is 2. The molecule has 2 N–H and O–H groups in total. The van der Waals surface area contributed by atoms with E-state index < -0.39 is 58.7 Å². The highest BCUT2D eigenvalue weighted by atomic mass is 31.0. The summed E-state index contributed by atoms with van der Waals surface area (Å²) in [5, 5.41) is 18.7. The molecule has 220 valence electrons. The normalized spacial score (nSPS) is 28.1. The van der Waals surface area contributed by atoms with E-state index in [4.69, 9.17) is 0 Å². The van der Waals surface area contributed by atoms with Gasteiger partial charge in [-0.2, -0.15) is 0 Å². The number of urea groups is 2. The summed E-state index contributed by atoms with van der Waals surface area (Å²) in [7, 11) is 2.42. The topological polar surface area (TPSA) is 156 Å². The van der Waals surface area contributed by atoms with Crippen LogP contribution in [0.3, 0.4) is 0 Å². The third-order valence-corrected chi connectivity index (χ3v) is 7.93. The minimum atomic E-state index is -1.41. The van der Waals surface area contributed by atoms with Crippen molar-refractivity contribution in [2.75, 3.05) is 32.8 Å². The van der Waals surface area contributed by atoms with Crippen molar-refractivity contribution in [1.29, 1.82) is 0 Å². The highest BCUT2D eigenvalue weighted by molar-refractivity contribution is 7.15. The zero-order chi connectivity index (χ0) is 29.9. The van der Waals surface area contributed by atoms with Crippen LogP contribution in [0.1, 0.15) is 66.7 Å². The summed E-state index contributed by atoms with van der Waals surface area (Å²) in [4.78, 5) is 82.6. The highest BCUT2D eigenvalue weighted by Crippen LogP contribution is 2.64. The number of unbranched alkanes of at least 4 members (excludes halogenated alkanes) is 2. The Bertz CT molecular complexity index is 996. The minimum absolute atomic E-state index is 0.0763. The van der Waals surface area contributed by atoms with Crippen LogP contribution in [0, 0.1) is 16.7 Å². The van der Waals surface area contributed by atoms with E-state index in [1.54, 1.807) is 13.8 Å². The van der Waals surface area contributed by atoms with Crippen molar-refractivity contribution in [3.63, 3.8) is 0 Å². The second kappa shape index (κ2) is 12.6. The number of carbonyl (C=O) groups excluding carboxylic acids is 4. The number of fused-ring (bicyclic) bond motifs is 4. The van der Waals surface area contributed by atoms with E-state index in [1.807, 2.05) is 27.4 Å². The first-order valence-corrected chi connectivity index (χ1v) is 14.7. The van der Waals surface area contributed by atoms with Crippen LogP contribution in [0.2, 0.25) is 0 Å². The lowest BCUT2D eigenvalue weighted by atomic mass is 9.43. The Labute approximate surface area is 232 Å². The van der Waals surface area contributed by atoms with E-state index in [0.29, 0.717) is 6.42 Å². The smallest absolute Gasteiger partial charge is 0.327 e. The standard InChI is InChI=1S/C25H38N4O8.CH5P/c1-6-7-8-11-28-20(34)24(4)18(26(22(28)36)12-9-16(30)31)25(5)19(24)27(13-10-17(32)33)23(37)29(21(25)35)14-15(2)3;1-2/h15,18-19H,6-14H2,1-5H3,(H,30,31)(H,32,33);2H2,1H3. The summed E-state index contributed by atoms with van der Waals surface area (Å²) >= 11 is 0. The first-order chi connectivity index (χ1) is 18.2. The number of hydrogen-bond acceptors (Lipinski definition) is 6. The second-order valence-electron chi connectivity index (χ2n) is 11.1. The molecule has 3 rings (SSSR count). The van der Waals surface area contributed by atoms with E-state index >= 15 is 0 Å². The number of nitrogens with zero attached hydrogens (tertiary/aromatic N) is 4. The number of carboxylic acids is 2. The molecule has 3 aliphatic rings. The molecule has 13 heteroatoms. The van der Waals surface area contributed by atoms with Crippen molar-refractivity contribution in [2.45, 2.75) is 78.8 Å². The summed E-state index contributed by atoms with van der Waals surface area (Å²) in [6, 6.07) is -3.24. The van der Waals surface area contributed by atoms with E-state index in [0.717, 1.165) is 22.6 Å². The Kier molecular flexibility index (Phi) is 10.5. The van der Waals surface area contributed by atoms with Crippen molar-refractivity contribution < 1.29 is 39.0 Å². The third kappa shape index (κ3) is 5.49. The molecule has 3 fully saturated rings. The van der Waals surface area contributed by atoms with Crippen LogP contribution in [-0.4, -0.2) is 111 Å². The molecule has 0 spiro atoms. The van der Waals surface area contributed by atoms with Gasteiger partial charge in [0.2, 0.25) is 11.8 Å². The maximum absolute atomic E-state index is 13.9. The number of carbonyl (C=O) groups is 6. The summed E-state index contributed by atoms with van der Waals surface area (Å²) in [6.07, 6.45) is 1.45. The molecule has 0 aromatic carbocycles. The van der Waals surface area contributed by atoms with Crippen LogP contribution < -0.4 is 0 Å². The van der Waals surface area contributed by atoms with Gasteiger partial charge in [0.15, 0.2) is 0 Å². The molecule has 2 aliphatic heterocycles. The molecule has 1 saturated carbocycles. The summed E-state index contributed by atoms with van der Waals surface area (Å²) in [6.45, 7) is 10.6. The lowest BCUT2D eigenvalue weighted by Gasteiger charge is -2.73. The largest absolute Gasteiger partial charge is 0.481 e. The maximum Gasteiger partial charge on any atom is 0.327 e. The fourth-order valence-electron chi connectivity index (χ4n) is 6.62. The van der Waals surface area contributed by atoms with Crippen LogP contribution in [0.4, 0.5) is 9.59 Å². The lowest BCUT2D eigenvalue weighted by Crippen LogP contribution is -2.91. The Morgan fingerprint density at radius 1 is 0.795 bits per heavy atom. The first kappa shape index (κ1) is 32.5. The van der Waals surface area contributed by atoms with E-state index in [1.165, 1.54) is 9.80 Å². The maximum atomic E-state index is 13.9. The number of carboxylic acid groups (broad SMARTS) is 2. The number of amides is 6. The molecular weight excluding hydrogens is 527 g/mol. The van der Waals surface area contributed by atoms with Gasteiger partial charge in [0.05, 0.1) is 35.8 Å². The van der Waals surface area contributed by atoms with Gasteiger partial charge in [-0.25, -0.2) is 9.59 Å². The molecule has 39 heavy (non-hydrogen) atoms. The predicted molar refractivity (Wildman–Crippen MR) is 146 cm³/mol. The summed E-state index contributed by atoms with van der Waals surface area (Å²) in [5.41, 5.74) is -2.81. The fraction of sp³-hybridized carbons (Fsp3) is 0.769. The van der Waals surface area contributed by atoms with Crippen LogP contribution in [0.15, 0.2) is 0 Å². The number of imide groups is 2. The quantitative estimate of drug-likeness (QED) is 0.268. The third-order valence-electron chi connectivity index (χ3n) is 7.93. The minimum Gasteiger partial charge on any atom is -0.481 e. The van der Waals surface area contributed by atoms with E-state index in [2.05, 4.69) is 9.24 Å². The second-order valence-corrected chi connectivity index (χ2v) is 11.1. The molecule has 5 atom stereocenters. The van der Waals surface area contributed by atoms with E-state index in [9.17, 15) is 39.0 Å². The fourth-order valence-corrected chi connectivity index (χ4v) is 6.62. The molecule has 1 aliphatic carbocycles. The molecule has 2 saturated heterocycles. The molecule has 0 radical (unpaired) electrons. The van der Waals surface area contributed by atoms with Gasteiger partial charge in [0.25, 0.3) is 0 Å². The molecule has 12 nitrogen and oxygen atoms in total. The number of aliphatic carboxylic acids is 2. The summed E-state index contributed by atoms with van der Waals surface area (Å²) in [5.74, 6) is -3.39. The van der Waals surface area contributed by atoms with Gasteiger partial charge in [-0.3, -0.25) is 29.0 Å². The Balaban J connectivity index is 0.00000260. The van der Waals surface area contributed by atoms with Crippen LogP contribution in [-0.2, 0) is 19.2 Å². The molecule has 0 bridgehead atoms. The van der Waals surface area contributed by atoms with Crippen molar-refractivity contribution in [2.24, 2.45) is 16.7 Å². The van der Waals surface area contributed by atoms with Crippen LogP contribution in [0.25, 0.3) is 0 Å². The SMILES string of the molecule is CCCCCN1C(=O)N(CCC(=O)O)C2C(C)(C1=O)C1N(CCC(=O)O)C(=O)N(CC(C)C)C(=O)C21C.CP. The molecule has 0 aromatic rings. The van der Waals surface area contributed by atoms with Crippen molar-refractivity contribution >= 4 is 45.1 Å². The zero-order valence-corrected chi connectivity index (χ0v) is 25.0. The van der Waals surface area contributed by atoms with Crippen LogP contribution >= 0.6 is 9.24 Å². The van der Waals surface area contributed by atoms with Crippen molar-refractivity contribution in [3.05, 3.63) is 0 Å². The Hall–Kier alpha value is -2.75. The van der Waals surface area contributed by atoms with Gasteiger partial charge in [-0.15, -0.1) is 9.24 Å². The summed E-state index contributed by atoms with van der Waals surface area (Å²) < 4.78 is 0. The van der Waals surface area contributed by atoms with E-state index in [-0.39, 0.29) is 44.9 Å². The van der Waals surface area contributed by atoms with Crippen molar-refractivity contribution in [3.8, 4) is 0 Å². The Morgan fingerprint density at radius 3 is 1.59 bits per heavy atom. The van der Waals surface area contributed by atoms with Gasteiger partial charge in [0, 0.05) is 26.2 Å². The van der Waals surface area contributed by atoms with Gasteiger partial charge in [0.1, 0.15) is 0 Å². The average Bonchev–Trinajstić information content (AvgIpc) is 2.87.